The summed E-state index contributed by atoms with van der Waals surface area (Å²) < 4.78 is 5.28. The van der Waals surface area contributed by atoms with E-state index in [0.29, 0.717) is 13.0 Å². The topological polar surface area (TPSA) is 58.6 Å². The molecule has 0 aromatic carbocycles. The fourth-order valence-electron chi connectivity index (χ4n) is 1.63. The maximum atomic E-state index is 11.1. The van der Waals surface area contributed by atoms with Crippen LogP contribution in [-0.2, 0) is 9.53 Å². The van der Waals surface area contributed by atoms with Crippen molar-refractivity contribution in [2.75, 3.05) is 19.8 Å². The van der Waals surface area contributed by atoms with E-state index in [1.54, 1.807) is 0 Å². The molecule has 1 aliphatic rings. The first-order chi connectivity index (χ1) is 6.21. The Labute approximate surface area is 78.3 Å². The number of hydrogen-bond acceptors (Lipinski definition) is 3. The first kappa shape index (κ1) is 10.5. The van der Waals surface area contributed by atoms with Gasteiger partial charge in [0.1, 0.15) is 5.54 Å². The van der Waals surface area contributed by atoms with Crippen LogP contribution in [0.25, 0.3) is 0 Å². The molecule has 0 aromatic rings. The van der Waals surface area contributed by atoms with Gasteiger partial charge in [-0.3, -0.25) is 10.1 Å². The lowest BCUT2D eigenvalue weighted by Crippen LogP contribution is -2.54. The normalized spacial score (nSPS) is 29.6. The average Bonchev–Trinajstić information content (AvgIpc) is 2.31. The molecule has 4 heteroatoms. The van der Waals surface area contributed by atoms with Gasteiger partial charge in [0.15, 0.2) is 0 Å². The highest BCUT2D eigenvalue weighted by Crippen LogP contribution is 2.16. The summed E-state index contributed by atoms with van der Waals surface area (Å²) in [5, 5.41) is 12.2. The van der Waals surface area contributed by atoms with E-state index in [-0.39, 0.29) is 6.61 Å². The van der Waals surface area contributed by atoms with E-state index < -0.39 is 11.5 Å². The average molecular weight is 187 g/mol. The fourth-order valence-corrected chi connectivity index (χ4v) is 1.63. The van der Waals surface area contributed by atoms with Crippen molar-refractivity contribution in [3.8, 4) is 0 Å². The summed E-state index contributed by atoms with van der Waals surface area (Å²) in [6.07, 6.45) is 2.36. The Morgan fingerprint density at radius 1 is 1.69 bits per heavy atom. The van der Waals surface area contributed by atoms with Crippen molar-refractivity contribution in [3.05, 3.63) is 0 Å². The molecule has 1 rings (SSSR count). The van der Waals surface area contributed by atoms with Crippen LogP contribution in [-0.4, -0.2) is 36.4 Å². The van der Waals surface area contributed by atoms with Crippen molar-refractivity contribution in [1.29, 1.82) is 0 Å². The Hall–Kier alpha value is -0.610. The second-order valence-corrected chi connectivity index (χ2v) is 3.47. The lowest BCUT2D eigenvalue weighted by molar-refractivity contribution is -0.147. The lowest BCUT2D eigenvalue weighted by Gasteiger charge is -2.27. The molecule has 0 radical (unpaired) electrons. The molecule has 1 aliphatic heterocycles. The zero-order valence-electron chi connectivity index (χ0n) is 8.01. The largest absolute Gasteiger partial charge is 0.480 e. The first-order valence-electron chi connectivity index (χ1n) is 4.77. The highest BCUT2D eigenvalue weighted by molar-refractivity contribution is 5.79. The molecule has 1 saturated heterocycles. The maximum absolute atomic E-state index is 11.1. The molecule has 2 N–H and O–H groups in total. The Balaban J connectivity index is 2.67. The molecule has 13 heavy (non-hydrogen) atoms. The molecule has 0 saturated carbocycles. The van der Waals surface area contributed by atoms with Crippen molar-refractivity contribution in [1.82, 2.24) is 5.32 Å². The molecule has 1 heterocycles. The zero-order chi connectivity index (χ0) is 9.73. The van der Waals surface area contributed by atoms with Gasteiger partial charge in [-0.15, -0.1) is 0 Å². The fraction of sp³-hybridized carbons (Fsp3) is 0.889. The van der Waals surface area contributed by atoms with E-state index in [0.717, 1.165) is 19.4 Å². The number of aliphatic carboxylic acids is 1. The minimum atomic E-state index is -0.842. The SMILES string of the molecule is CCCC1(C(=O)O)COCCCN1. The van der Waals surface area contributed by atoms with Crippen LogP contribution < -0.4 is 5.32 Å². The van der Waals surface area contributed by atoms with Crippen LogP contribution in [0.15, 0.2) is 0 Å². The minimum Gasteiger partial charge on any atom is -0.480 e. The molecule has 0 aliphatic carbocycles. The van der Waals surface area contributed by atoms with Crippen molar-refractivity contribution in [2.45, 2.75) is 31.7 Å². The zero-order valence-corrected chi connectivity index (χ0v) is 8.01. The quantitative estimate of drug-likeness (QED) is 0.680. The van der Waals surface area contributed by atoms with Gasteiger partial charge < -0.3 is 9.84 Å². The van der Waals surface area contributed by atoms with Gasteiger partial charge >= 0.3 is 5.97 Å². The summed E-state index contributed by atoms with van der Waals surface area (Å²) in [4.78, 5) is 11.1. The van der Waals surface area contributed by atoms with Gasteiger partial charge in [0.2, 0.25) is 0 Å². The van der Waals surface area contributed by atoms with E-state index in [1.807, 2.05) is 6.92 Å². The van der Waals surface area contributed by atoms with Gasteiger partial charge in [0.25, 0.3) is 0 Å². The molecule has 76 valence electrons. The Morgan fingerprint density at radius 2 is 2.46 bits per heavy atom. The van der Waals surface area contributed by atoms with Gasteiger partial charge in [-0.05, 0) is 19.4 Å². The highest BCUT2D eigenvalue weighted by Gasteiger charge is 2.38. The van der Waals surface area contributed by atoms with E-state index in [9.17, 15) is 4.79 Å². The Morgan fingerprint density at radius 3 is 3.08 bits per heavy atom. The minimum absolute atomic E-state index is 0.288. The number of carboxylic acids is 1. The van der Waals surface area contributed by atoms with Crippen molar-refractivity contribution in [3.63, 3.8) is 0 Å². The molecule has 0 bridgehead atoms. The van der Waals surface area contributed by atoms with Crippen LogP contribution in [0.3, 0.4) is 0 Å². The number of carbonyl (C=O) groups is 1. The van der Waals surface area contributed by atoms with Crippen LogP contribution in [0.1, 0.15) is 26.2 Å². The summed E-state index contributed by atoms with van der Waals surface area (Å²) >= 11 is 0. The summed E-state index contributed by atoms with van der Waals surface area (Å²) in [6.45, 7) is 3.66. The van der Waals surface area contributed by atoms with E-state index in [2.05, 4.69) is 5.32 Å². The maximum Gasteiger partial charge on any atom is 0.326 e. The van der Waals surface area contributed by atoms with E-state index >= 15 is 0 Å². The number of nitrogens with one attached hydrogen (secondary N) is 1. The smallest absolute Gasteiger partial charge is 0.326 e. The standard InChI is InChI=1S/C9H17NO3/c1-2-4-9(8(11)12)7-13-6-3-5-10-9/h10H,2-7H2,1H3,(H,11,12). The van der Waals surface area contributed by atoms with Crippen LogP contribution in [0.2, 0.25) is 0 Å². The van der Waals surface area contributed by atoms with Crippen LogP contribution in [0.4, 0.5) is 0 Å². The first-order valence-corrected chi connectivity index (χ1v) is 4.77. The monoisotopic (exact) mass is 187 g/mol. The highest BCUT2D eigenvalue weighted by atomic mass is 16.5. The molecule has 4 nitrogen and oxygen atoms in total. The van der Waals surface area contributed by atoms with Crippen molar-refractivity contribution < 1.29 is 14.6 Å². The summed E-state index contributed by atoms with van der Waals surface area (Å²) in [5.41, 5.74) is -0.842. The van der Waals surface area contributed by atoms with Crippen molar-refractivity contribution in [2.24, 2.45) is 0 Å². The van der Waals surface area contributed by atoms with Gasteiger partial charge in [-0.2, -0.15) is 0 Å². The van der Waals surface area contributed by atoms with Gasteiger partial charge in [-0.25, -0.2) is 0 Å². The summed E-state index contributed by atoms with van der Waals surface area (Å²) in [6, 6.07) is 0. The molecular weight excluding hydrogens is 170 g/mol. The predicted octanol–water partition coefficient (Wildman–Crippen LogP) is 0.620. The third-order valence-electron chi connectivity index (χ3n) is 2.36. The van der Waals surface area contributed by atoms with Gasteiger partial charge in [0.05, 0.1) is 6.61 Å². The molecule has 1 fully saturated rings. The Kier molecular flexibility index (Phi) is 3.69. The third-order valence-corrected chi connectivity index (χ3v) is 2.36. The van der Waals surface area contributed by atoms with Crippen LogP contribution in [0, 0.1) is 0 Å². The lowest BCUT2D eigenvalue weighted by atomic mass is 9.95. The number of carboxylic acid groups (broad SMARTS) is 1. The Bertz CT molecular complexity index is 174. The van der Waals surface area contributed by atoms with Gasteiger partial charge in [0, 0.05) is 6.61 Å². The van der Waals surface area contributed by atoms with Crippen molar-refractivity contribution >= 4 is 5.97 Å². The van der Waals surface area contributed by atoms with Gasteiger partial charge in [-0.1, -0.05) is 13.3 Å². The third kappa shape index (κ3) is 2.42. The van der Waals surface area contributed by atoms with Crippen LogP contribution in [0.5, 0.6) is 0 Å². The van der Waals surface area contributed by atoms with E-state index in [1.165, 1.54) is 0 Å². The molecule has 0 amide bonds. The van der Waals surface area contributed by atoms with E-state index in [4.69, 9.17) is 9.84 Å². The summed E-state index contributed by atoms with van der Waals surface area (Å²) in [5.74, 6) is -0.795. The summed E-state index contributed by atoms with van der Waals surface area (Å²) in [7, 11) is 0. The molecule has 1 atom stereocenters. The van der Waals surface area contributed by atoms with Crippen LogP contribution >= 0.6 is 0 Å². The second-order valence-electron chi connectivity index (χ2n) is 3.47. The molecule has 0 spiro atoms. The predicted molar refractivity (Wildman–Crippen MR) is 48.7 cm³/mol. The second kappa shape index (κ2) is 4.58. The number of rotatable bonds is 3. The number of ether oxygens (including phenoxy) is 1. The number of hydrogen-bond donors (Lipinski definition) is 2. The molecular formula is C9H17NO3. The molecule has 1 unspecified atom stereocenters. The molecule has 0 aromatic heterocycles.